The Morgan fingerprint density at radius 2 is 0.584 bits per heavy atom. The van der Waals surface area contributed by atoms with E-state index in [-0.39, 0.29) is 0 Å². The molecule has 5 heteroatoms. The van der Waals surface area contributed by atoms with Crippen LogP contribution in [0.2, 0.25) is 0 Å². The predicted octanol–water partition coefficient (Wildman–Crippen LogP) is 13.7. The Hall–Kier alpha value is -8.43. The van der Waals surface area contributed by atoms with Crippen LogP contribution in [0.15, 0.2) is 351 Å². The van der Waals surface area contributed by atoms with E-state index in [1.165, 1.54) is 82.0 Å². The van der Waals surface area contributed by atoms with Crippen molar-refractivity contribution in [3.05, 3.63) is 322 Å². The van der Waals surface area contributed by atoms with E-state index in [9.17, 15) is 0 Å². The van der Waals surface area contributed by atoms with Gasteiger partial charge in [0, 0.05) is 46.4 Å². The summed E-state index contributed by atoms with van der Waals surface area (Å²) in [4.78, 5) is 10.4. The Morgan fingerprint density at radius 1 is 0.247 bits per heavy atom. The van der Waals surface area contributed by atoms with Crippen LogP contribution in [0.5, 0.6) is 0 Å². The molecule has 0 fully saturated rings. The van der Waals surface area contributed by atoms with E-state index in [4.69, 9.17) is 0 Å². The highest BCUT2D eigenvalue weighted by Gasteiger charge is 2.58. The van der Waals surface area contributed by atoms with Crippen LogP contribution in [0.4, 0.5) is 17.1 Å². The van der Waals surface area contributed by atoms with Crippen LogP contribution in [0.25, 0.3) is 11.1 Å². The van der Waals surface area contributed by atoms with Gasteiger partial charge in [-0.05, 0) is 150 Å². The van der Waals surface area contributed by atoms with Crippen LogP contribution in [-0.2, 0) is 0 Å². The summed E-state index contributed by atoms with van der Waals surface area (Å²) in [7, 11) is -8.01. The minimum absolute atomic E-state index is 1.10. The molecular formula is C72H53NS2Si2. The highest BCUT2D eigenvalue weighted by atomic mass is 32.3. The third kappa shape index (κ3) is 7.44. The van der Waals surface area contributed by atoms with Gasteiger partial charge in [-0.1, -0.05) is 236 Å². The zero-order chi connectivity index (χ0) is 51.2. The van der Waals surface area contributed by atoms with Gasteiger partial charge in [0.05, 0.1) is 0 Å². The number of benzene rings is 12. The molecule has 0 atom stereocenters. The molecule has 1 nitrogen and oxygen atoms in total. The Morgan fingerprint density at radius 3 is 1.06 bits per heavy atom. The lowest BCUT2D eigenvalue weighted by molar-refractivity contribution is 1.23. The highest BCUT2D eigenvalue weighted by Crippen LogP contribution is 2.73. The topological polar surface area (TPSA) is 3.24 Å². The number of fused-ring (bicyclic) bond motifs is 8. The molecule has 14 rings (SSSR count). The van der Waals surface area contributed by atoms with E-state index in [1.807, 2.05) is 11.8 Å². The molecule has 0 aromatic heterocycles. The molecule has 0 saturated carbocycles. The van der Waals surface area contributed by atoms with Gasteiger partial charge in [0.15, 0.2) is 16.1 Å². The Bertz CT molecular complexity index is 3870. The fourth-order valence-electron chi connectivity index (χ4n) is 12.8. The summed E-state index contributed by atoms with van der Waals surface area (Å²) in [6.07, 6.45) is 0. The first-order valence-corrected chi connectivity index (χ1v) is 32.9. The maximum Gasteiger partial charge on any atom is 0.181 e. The van der Waals surface area contributed by atoms with E-state index in [1.54, 1.807) is 0 Å². The summed E-state index contributed by atoms with van der Waals surface area (Å²) >= 11 is 1.93. The molecule has 2 aliphatic heterocycles. The van der Waals surface area contributed by atoms with E-state index < -0.39 is 26.2 Å². The summed E-state index contributed by atoms with van der Waals surface area (Å²) in [6.45, 7) is 0. The summed E-state index contributed by atoms with van der Waals surface area (Å²) in [5.41, 5.74) is 5.74. The second-order valence-corrected chi connectivity index (χ2v) is 31.5. The van der Waals surface area contributed by atoms with Crippen molar-refractivity contribution in [2.75, 3.05) is 4.90 Å². The molecule has 77 heavy (non-hydrogen) atoms. The van der Waals surface area contributed by atoms with Crippen molar-refractivity contribution in [3.63, 3.8) is 0 Å². The number of anilines is 3. The van der Waals surface area contributed by atoms with Crippen LogP contribution < -0.4 is 46.4 Å². The molecule has 0 amide bonds. The monoisotopic (exact) mass is 1050 g/mol. The molecule has 0 saturated heterocycles. The maximum absolute atomic E-state index is 3.09. The molecule has 12 aromatic rings. The largest absolute Gasteiger partial charge is 0.311 e. The second kappa shape index (κ2) is 19.6. The molecule has 12 aromatic carbocycles. The third-order valence-corrected chi connectivity index (χ3v) is 31.8. The van der Waals surface area contributed by atoms with Crippen molar-refractivity contribution in [2.24, 2.45) is 0 Å². The lowest BCUT2D eigenvalue weighted by Gasteiger charge is -2.50. The molecule has 0 aliphatic carbocycles. The number of rotatable bonds is 10. The van der Waals surface area contributed by atoms with Gasteiger partial charge in [-0.3, -0.25) is 0 Å². The first-order chi connectivity index (χ1) is 38.2. The van der Waals surface area contributed by atoms with Gasteiger partial charge in [-0.2, -0.15) is 0 Å². The van der Waals surface area contributed by atoms with Gasteiger partial charge < -0.3 is 4.90 Å². The lowest BCUT2D eigenvalue weighted by Crippen LogP contribution is -2.93. The quantitative estimate of drug-likeness (QED) is 0.126. The molecule has 1 spiro atoms. The molecule has 0 bridgehead atoms. The van der Waals surface area contributed by atoms with Gasteiger partial charge in [-0.15, -0.1) is 10.0 Å². The van der Waals surface area contributed by atoms with Gasteiger partial charge in [0.2, 0.25) is 0 Å². The van der Waals surface area contributed by atoms with Gasteiger partial charge >= 0.3 is 0 Å². The fraction of sp³-hybridized carbons (Fsp3) is 0. The second-order valence-electron chi connectivity index (χ2n) is 19.9. The number of hydrogen-bond acceptors (Lipinski definition) is 2. The minimum atomic E-state index is -3.09. The Balaban J connectivity index is 1.06. The van der Waals surface area contributed by atoms with Crippen molar-refractivity contribution in [1.29, 1.82) is 0 Å². The van der Waals surface area contributed by atoms with E-state index in [0.717, 1.165) is 17.1 Å². The number of nitrogens with zero attached hydrogens (tertiary/aromatic N) is 1. The Kier molecular flexibility index (Phi) is 12.0. The van der Waals surface area contributed by atoms with E-state index in [2.05, 4.69) is 326 Å². The maximum atomic E-state index is 2.65. The van der Waals surface area contributed by atoms with Crippen LogP contribution in [-0.4, -0.2) is 16.1 Å². The van der Waals surface area contributed by atoms with Gasteiger partial charge in [-0.25, -0.2) is 0 Å². The first kappa shape index (κ1) is 47.1. The predicted molar refractivity (Wildman–Crippen MR) is 331 cm³/mol. The van der Waals surface area contributed by atoms with Crippen molar-refractivity contribution in [3.8, 4) is 11.1 Å². The molecule has 2 heterocycles. The number of hydrogen-bond donors (Lipinski definition) is 0. The first-order valence-electron chi connectivity index (χ1n) is 26.5. The van der Waals surface area contributed by atoms with Crippen molar-refractivity contribution >= 4 is 96.5 Å². The molecule has 0 radical (unpaired) electrons. The van der Waals surface area contributed by atoms with Crippen LogP contribution in [0.3, 0.4) is 0 Å². The third-order valence-electron chi connectivity index (χ3n) is 16.0. The average Bonchev–Trinajstić information content (AvgIpc) is 3.62. The van der Waals surface area contributed by atoms with E-state index in [0.29, 0.717) is 0 Å². The summed E-state index contributed by atoms with van der Waals surface area (Å²) in [5, 5.41) is 11.6. The Labute approximate surface area is 460 Å². The van der Waals surface area contributed by atoms with E-state index >= 15 is 0 Å². The molecule has 366 valence electrons. The van der Waals surface area contributed by atoms with Gasteiger partial charge in [0.25, 0.3) is 0 Å². The zero-order valence-corrected chi connectivity index (χ0v) is 46.0. The standard InChI is InChI=1S/C72H53NS2Si2/c1-7-25-54(26-8-1)55-43-45-56(46-44-55)73(57-47-50-62(51-48-57)75(59-27-9-2-10-28-59,60-29-11-3-12-30-60)61-31-13-4-14-32-61)58-49-52-71-72(53-58)77(67-39-21-19-37-65(67)74-66-38-20-22-40-68(66)77)70-42-24-23-41-69(70)76(71,63-33-15-5-16-34-63)64-35-17-6-18-36-64/h1-53H. The highest BCUT2D eigenvalue weighted by molar-refractivity contribution is 8.34. The van der Waals surface area contributed by atoms with Crippen molar-refractivity contribution < 1.29 is 0 Å². The minimum Gasteiger partial charge on any atom is -0.311 e. The molecular weight excluding hydrogens is 999 g/mol. The fourth-order valence-corrected chi connectivity index (χ4v) is 31.0. The smallest absolute Gasteiger partial charge is 0.181 e. The zero-order valence-electron chi connectivity index (χ0n) is 42.4. The lowest BCUT2D eigenvalue weighted by atomic mass is 10.0. The normalized spacial score (nSPS) is 13.8. The van der Waals surface area contributed by atoms with Crippen LogP contribution in [0.1, 0.15) is 0 Å². The SMILES string of the molecule is c1ccc(-c2ccc(N(c3ccc(S(c4ccccc4)(c4ccccc4)c4ccccc4)cc3)c3ccc4c(c3)[Si]3(c5ccccc5Sc5ccccc53)c3ccccc3[Si]4(c3ccccc3)c3ccccc3)cc2)cc1. The van der Waals surface area contributed by atoms with Crippen molar-refractivity contribution in [1.82, 2.24) is 0 Å². The average molecular weight is 1050 g/mol. The van der Waals surface area contributed by atoms with Gasteiger partial charge in [0.1, 0.15) is 0 Å². The summed E-state index contributed by atoms with van der Waals surface area (Å²) < 4.78 is 0. The van der Waals surface area contributed by atoms with Crippen LogP contribution >= 0.6 is 21.8 Å². The molecule has 2 aliphatic rings. The summed E-state index contributed by atoms with van der Waals surface area (Å²) in [6, 6.07) is 122. The molecule has 0 N–H and O–H groups in total. The van der Waals surface area contributed by atoms with Crippen molar-refractivity contribution in [2.45, 2.75) is 29.4 Å². The summed E-state index contributed by atoms with van der Waals surface area (Å²) in [5.74, 6) is 0. The van der Waals surface area contributed by atoms with Crippen LogP contribution in [0, 0.1) is 0 Å². The molecule has 0 unspecified atom stereocenters.